The Kier molecular flexibility index (Phi) is 4.31. The smallest absolute Gasteiger partial charge is 0.141 e. The van der Waals surface area contributed by atoms with Crippen molar-refractivity contribution in [2.45, 2.75) is 13.0 Å². The Labute approximate surface area is 90.7 Å². The molecule has 0 aliphatic rings. The molecule has 0 bridgehead atoms. The Bertz CT molecular complexity index is 306. The van der Waals surface area contributed by atoms with Crippen molar-refractivity contribution in [2.75, 3.05) is 20.7 Å². The number of rotatable bonds is 5. The van der Waals surface area contributed by atoms with Crippen LogP contribution in [0.25, 0.3) is 0 Å². The molecule has 0 saturated heterocycles. The second-order valence-corrected chi connectivity index (χ2v) is 3.55. The van der Waals surface area contributed by atoms with Crippen LogP contribution in [0.5, 0.6) is 5.75 Å². The van der Waals surface area contributed by atoms with Gasteiger partial charge >= 0.3 is 0 Å². The number of carbonyl (C=O) groups is 1. The number of nitrogens with zero attached hydrogens (tertiary/aromatic N) is 1. The zero-order valence-corrected chi connectivity index (χ0v) is 9.43. The predicted octanol–water partition coefficient (Wildman–Crippen LogP) is 1.89. The molecule has 0 saturated carbocycles. The Hall–Kier alpha value is -1.35. The number of hydrogen-bond donors (Lipinski definition) is 0. The number of likely N-dealkylation sites (N-methyl/N-ethyl adjacent to an activating group) is 1. The molecule has 0 spiro atoms. The fourth-order valence-electron chi connectivity index (χ4n) is 1.43. The molecular weight excluding hydrogens is 190 g/mol. The number of hydrogen-bond acceptors (Lipinski definition) is 3. The van der Waals surface area contributed by atoms with Crippen molar-refractivity contribution in [3.05, 3.63) is 29.8 Å². The van der Waals surface area contributed by atoms with E-state index in [0.717, 1.165) is 17.6 Å². The molecule has 0 heterocycles. The summed E-state index contributed by atoms with van der Waals surface area (Å²) in [4.78, 5) is 12.8. The first-order chi connectivity index (χ1) is 7.19. The van der Waals surface area contributed by atoms with Crippen molar-refractivity contribution in [3.8, 4) is 5.75 Å². The van der Waals surface area contributed by atoms with Crippen molar-refractivity contribution in [1.29, 1.82) is 0 Å². The molecule has 82 valence electrons. The summed E-state index contributed by atoms with van der Waals surface area (Å²) >= 11 is 0. The fourth-order valence-corrected chi connectivity index (χ4v) is 1.43. The lowest BCUT2D eigenvalue weighted by Crippen LogP contribution is -2.20. The summed E-state index contributed by atoms with van der Waals surface area (Å²) in [5.74, 6) is 0.838. The van der Waals surface area contributed by atoms with Crippen molar-refractivity contribution in [3.63, 3.8) is 0 Å². The minimum Gasteiger partial charge on any atom is -0.494 e. The molecule has 1 aromatic rings. The summed E-state index contributed by atoms with van der Waals surface area (Å²) < 4.78 is 5.33. The zero-order valence-electron chi connectivity index (χ0n) is 9.43. The van der Waals surface area contributed by atoms with E-state index in [1.807, 2.05) is 50.2 Å². The maximum absolute atomic E-state index is 10.9. The average Bonchev–Trinajstić information content (AvgIpc) is 2.21. The quantitative estimate of drug-likeness (QED) is 0.690. The van der Waals surface area contributed by atoms with Gasteiger partial charge in [-0.1, -0.05) is 12.1 Å². The van der Waals surface area contributed by atoms with Crippen LogP contribution in [0, 0.1) is 0 Å². The molecule has 0 radical (unpaired) electrons. The van der Waals surface area contributed by atoms with Gasteiger partial charge in [0.15, 0.2) is 0 Å². The number of ether oxygens (including phenoxy) is 1. The Morgan fingerprint density at radius 3 is 2.33 bits per heavy atom. The first kappa shape index (κ1) is 11.7. The number of aldehydes is 1. The monoisotopic (exact) mass is 207 g/mol. The lowest BCUT2D eigenvalue weighted by molar-refractivity contribution is -0.111. The van der Waals surface area contributed by atoms with Gasteiger partial charge in [0.2, 0.25) is 0 Å². The molecule has 0 aromatic heterocycles. The van der Waals surface area contributed by atoms with Crippen molar-refractivity contribution < 1.29 is 9.53 Å². The maximum atomic E-state index is 10.9. The number of carbonyl (C=O) groups excluding carboxylic acids is 1. The van der Waals surface area contributed by atoms with E-state index in [-0.39, 0.29) is 6.04 Å². The summed E-state index contributed by atoms with van der Waals surface area (Å²) in [5, 5.41) is 0. The van der Waals surface area contributed by atoms with Crippen LogP contribution >= 0.6 is 0 Å². The molecule has 0 amide bonds. The second kappa shape index (κ2) is 5.51. The molecule has 1 unspecified atom stereocenters. The molecule has 1 aromatic carbocycles. The molecule has 0 aliphatic heterocycles. The predicted molar refractivity (Wildman–Crippen MR) is 60.1 cm³/mol. The van der Waals surface area contributed by atoms with Crippen molar-refractivity contribution in [1.82, 2.24) is 4.90 Å². The summed E-state index contributed by atoms with van der Waals surface area (Å²) in [6.45, 7) is 2.60. The van der Waals surface area contributed by atoms with Crippen LogP contribution in [0.2, 0.25) is 0 Å². The molecule has 3 nitrogen and oxygen atoms in total. The second-order valence-electron chi connectivity index (χ2n) is 3.55. The van der Waals surface area contributed by atoms with E-state index in [9.17, 15) is 4.79 Å². The van der Waals surface area contributed by atoms with Gasteiger partial charge in [-0.3, -0.25) is 4.90 Å². The molecule has 1 atom stereocenters. The van der Waals surface area contributed by atoms with Gasteiger partial charge < -0.3 is 9.53 Å². The third kappa shape index (κ3) is 3.06. The molecule has 0 aliphatic carbocycles. The molecular formula is C12H17NO2. The highest BCUT2D eigenvalue weighted by Crippen LogP contribution is 2.19. The van der Waals surface area contributed by atoms with Crippen molar-refractivity contribution >= 4 is 6.29 Å². The summed E-state index contributed by atoms with van der Waals surface area (Å²) in [6.07, 6.45) is 0.940. The van der Waals surface area contributed by atoms with E-state index in [2.05, 4.69) is 0 Å². The van der Waals surface area contributed by atoms with Crippen LogP contribution in [0.4, 0.5) is 0 Å². The van der Waals surface area contributed by atoms with Gasteiger partial charge in [0, 0.05) is 0 Å². The highest BCUT2D eigenvalue weighted by atomic mass is 16.5. The Morgan fingerprint density at radius 2 is 1.93 bits per heavy atom. The van der Waals surface area contributed by atoms with Gasteiger partial charge in [-0.2, -0.15) is 0 Å². The number of benzene rings is 1. The van der Waals surface area contributed by atoms with Gasteiger partial charge in [0.1, 0.15) is 12.0 Å². The van der Waals surface area contributed by atoms with Gasteiger partial charge in [0.05, 0.1) is 12.6 Å². The van der Waals surface area contributed by atoms with E-state index < -0.39 is 0 Å². The van der Waals surface area contributed by atoms with Crippen LogP contribution < -0.4 is 4.74 Å². The molecule has 0 N–H and O–H groups in total. The van der Waals surface area contributed by atoms with E-state index >= 15 is 0 Å². The molecule has 3 heteroatoms. The minimum absolute atomic E-state index is 0.180. The highest BCUT2D eigenvalue weighted by molar-refractivity contribution is 5.61. The summed E-state index contributed by atoms with van der Waals surface area (Å²) in [6, 6.07) is 7.44. The van der Waals surface area contributed by atoms with Crippen LogP contribution in [-0.4, -0.2) is 31.9 Å². The van der Waals surface area contributed by atoms with Gasteiger partial charge in [-0.25, -0.2) is 0 Å². The van der Waals surface area contributed by atoms with Gasteiger partial charge in [-0.15, -0.1) is 0 Å². The van der Waals surface area contributed by atoms with E-state index in [1.54, 1.807) is 0 Å². The normalized spacial score (nSPS) is 12.5. The first-order valence-electron chi connectivity index (χ1n) is 5.03. The van der Waals surface area contributed by atoms with Crippen LogP contribution in [0.15, 0.2) is 24.3 Å². The highest BCUT2D eigenvalue weighted by Gasteiger charge is 2.12. The minimum atomic E-state index is -0.180. The topological polar surface area (TPSA) is 29.5 Å². The first-order valence-corrected chi connectivity index (χ1v) is 5.03. The lowest BCUT2D eigenvalue weighted by Gasteiger charge is -2.18. The van der Waals surface area contributed by atoms with Crippen LogP contribution in [0.1, 0.15) is 18.5 Å². The fraction of sp³-hybridized carbons (Fsp3) is 0.417. The van der Waals surface area contributed by atoms with Crippen molar-refractivity contribution in [2.24, 2.45) is 0 Å². The third-order valence-corrected chi connectivity index (χ3v) is 2.22. The summed E-state index contributed by atoms with van der Waals surface area (Å²) in [7, 11) is 3.77. The zero-order chi connectivity index (χ0) is 11.3. The van der Waals surface area contributed by atoms with Crippen LogP contribution in [0.3, 0.4) is 0 Å². The van der Waals surface area contributed by atoms with E-state index in [4.69, 9.17) is 4.74 Å². The van der Waals surface area contributed by atoms with E-state index in [0.29, 0.717) is 6.61 Å². The average molecular weight is 207 g/mol. The van der Waals surface area contributed by atoms with Gasteiger partial charge in [-0.05, 0) is 38.7 Å². The third-order valence-electron chi connectivity index (χ3n) is 2.22. The largest absolute Gasteiger partial charge is 0.494 e. The van der Waals surface area contributed by atoms with Gasteiger partial charge in [0.25, 0.3) is 0 Å². The lowest BCUT2D eigenvalue weighted by atomic mass is 10.1. The SMILES string of the molecule is CCOc1ccc(C(C=O)N(C)C)cc1. The summed E-state index contributed by atoms with van der Waals surface area (Å²) in [5.41, 5.74) is 0.985. The van der Waals surface area contributed by atoms with E-state index in [1.165, 1.54) is 0 Å². The maximum Gasteiger partial charge on any atom is 0.141 e. The molecule has 1 rings (SSSR count). The standard InChI is InChI=1S/C12H17NO2/c1-4-15-11-7-5-10(6-8-11)12(9-14)13(2)3/h5-9,12H,4H2,1-3H3. The molecule has 0 fully saturated rings. The Balaban J connectivity index is 2.82. The molecule has 15 heavy (non-hydrogen) atoms. The van der Waals surface area contributed by atoms with Crippen LogP contribution in [-0.2, 0) is 4.79 Å². The Morgan fingerprint density at radius 1 is 1.33 bits per heavy atom.